The van der Waals surface area contributed by atoms with E-state index in [1.54, 1.807) is 18.2 Å². The van der Waals surface area contributed by atoms with Crippen LogP contribution in [0, 0.1) is 0 Å². The second-order valence-electron chi connectivity index (χ2n) is 5.93. The number of hydrogen-bond donors (Lipinski definition) is 1. The minimum Gasteiger partial charge on any atom is -0.493 e. The molecule has 0 spiro atoms. The van der Waals surface area contributed by atoms with Gasteiger partial charge in [0.2, 0.25) is 21.7 Å². The molecule has 0 radical (unpaired) electrons. The van der Waals surface area contributed by atoms with Crippen LogP contribution in [-0.2, 0) is 21.3 Å². The summed E-state index contributed by atoms with van der Waals surface area (Å²) < 4.78 is 47.6. The zero-order valence-electron chi connectivity index (χ0n) is 16.4. The summed E-state index contributed by atoms with van der Waals surface area (Å²) in [6.45, 7) is -0.231. The lowest BCUT2D eigenvalue weighted by Crippen LogP contribution is -2.23. The summed E-state index contributed by atoms with van der Waals surface area (Å²) in [5.41, 5.74) is 0.727. The van der Waals surface area contributed by atoms with Crippen molar-refractivity contribution in [2.75, 3.05) is 21.3 Å². The molecule has 158 valence electrons. The average molecular weight is 433 g/mol. The number of methoxy groups -OCH3 is 3. The van der Waals surface area contributed by atoms with Crippen molar-refractivity contribution in [1.29, 1.82) is 0 Å². The molecule has 11 heteroatoms. The van der Waals surface area contributed by atoms with Gasteiger partial charge in [-0.15, -0.1) is 0 Å². The minimum absolute atomic E-state index is 0.0625. The highest BCUT2D eigenvalue weighted by Crippen LogP contribution is 2.31. The summed E-state index contributed by atoms with van der Waals surface area (Å²) in [5.74, 6) is 0.730. The zero-order chi connectivity index (χ0) is 21.7. The van der Waals surface area contributed by atoms with E-state index < -0.39 is 16.0 Å². The molecule has 0 atom stereocenters. The van der Waals surface area contributed by atoms with E-state index in [9.17, 15) is 13.2 Å². The first-order valence-corrected chi connectivity index (χ1v) is 10.1. The van der Waals surface area contributed by atoms with Crippen LogP contribution in [0.3, 0.4) is 0 Å². The first-order chi connectivity index (χ1) is 14.4. The maximum atomic E-state index is 12.5. The van der Waals surface area contributed by atoms with Crippen LogP contribution in [0.15, 0.2) is 51.9 Å². The lowest BCUT2D eigenvalue weighted by molar-refractivity contribution is 0.0600. The van der Waals surface area contributed by atoms with E-state index in [2.05, 4.69) is 19.6 Å². The summed E-state index contributed by atoms with van der Waals surface area (Å²) in [7, 11) is 0.328. The van der Waals surface area contributed by atoms with Gasteiger partial charge in [-0.2, -0.15) is 4.98 Å². The summed E-state index contributed by atoms with van der Waals surface area (Å²) in [6, 6.07) is 10.6. The smallest absolute Gasteiger partial charge is 0.337 e. The van der Waals surface area contributed by atoms with Crippen LogP contribution in [-0.4, -0.2) is 45.9 Å². The molecule has 0 aliphatic rings. The number of aromatic nitrogens is 2. The quantitative estimate of drug-likeness (QED) is 0.530. The molecule has 0 saturated carbocycles. The molecule has 0 aliphatic heterocycles. The number of nitrogens with zero attached hydrogens (tertiary/aromatic N) is 2. The first-order valence-electron chi connectivity index (χ1n) is 8.61. The summed E-state index contributed by atoms with van der Waals surface area (Å²) in [6.07, 6.45) is 0. The number of hydrogen-bond acceptors (Lipinski definition) is 9. The number of benzene rings is 2. The Morgan fingerprint density at radius 1 is 1.07 bits per heavy atom. The van der Waals surface area contributed by atoms with Gasteiger partial charge in [0.05, 0.1) is 38.3 Å². The van der Waals surface area contributed by atoms with Crippen LogP contribution in [0.1, 0.15) is 16.2 Å². The topological polar surface area (TPSA) is 130 Å². The predicted molar refractivity (Wildman–Crippen MR) is 105 cm³/mol. The summed E-state index contributed by atoms with van der Waals surface area (Å²) >= 11 is 0. The fourth-order valence-corrected chi connectivity index (χ4v) is 3.59. The monoisotopic (exact) mass is 433 g/mol. The Morgan fingerprint density at radius 2 is 1.83 bits per heavy atom. The van der Waals surface area contributed by atoms with Crippen molar-refractivity contribution in [2.24, 2.45) is 0 Å². The van der Waals surface area contributed by atoms with E-state index in [1.165, 1.54) is 45.6 Å². The Bertz CT molecular complexity index is 1160. The molecule has 0 bridgehead atoms. The molecule has 30 heavy (non-hydrogen) atoms. The van der Waals surface area contributed by atoms with Crippen molar-refractivity contribution in [3.63, 3.8) is 0 Å². The van der Waals surface area contributed by atoms with Crippen LogP contribution in [0.25, 0.3) is 11.4 Å². The third-order valence-corrected chi connectivity index (χ3v) is 5.49. The molecule has 3 rings (SSSR count). The van der Waals surface area contributed by atoms with Gasteiger partial charge in [-0.3, -0.25) is 0 Å². The van der Waals surface area contributed by atoms with Crippen molar-refractivity contribution in [1.82, 2.24) is 14.9 Å². The molecule has 2 aromatic carbocycles. The molecule has 0 unspecified atom stereocenters. The Labute approximate surface area is 172 Å². The summed E-state index contributed by atoms with van der Waals surface area (Å²) in [5, 5.41) is 3.86. The third-order valence-electron chi connectivity index (χ3n) is 4.09. The van der Waals surface area contributed by atoms with Gasteiger partial charge in [0.1, 0.15) is 0 Å². The highest BCUT2D eigenvalue weighted by molar-refractivity contribution is 7.89. The zero-order valence-corrected chi connectivity index (χ0v) is 17.2. The van der Waals surface area contributed by atoms with Crippen molar-refractivity contribution < 1.29 is 31.9 Å². The molecular formula is C19H19N3O7S. The molecule has 0 aliphatic carbocycles. The van der Waals surface area contributed by atoms with Crippen LogP contribution in [0.4, 0.5) is 0 Å². The van der Waals surface area contributed by atoms with Crippen LogP contribution in [0.2, 0.25) is 0 Å². The Morgan fingerprint density at radius 3 is 2.53 bits per heavy atom. The Balaban J connectivity index is 1.74. The Hall–Kier alpha value is -3.44. The molecule has 0 amide bonds. The van der Waals surface area contributed by atoms with Gasteiger partial charge < -0.3 is 18.7 Å². The number of carbonyl (C=O) groups is 1. The molecule has 0 saturated heterocycles. The van der Waals surface area contributed by atoms with Gasteiger partial charge in [-0.25, -0.2) is 17.9 Å². The molecular weight excluding hydrogens is 414 g/mol. The maximum Gasteiger partial charge on any atom is 0.337 e. The van der Waals surface area contributed by atoms with Gasteiger partial charge in [0.15, 0.2) is 11.5 Å². The molecule has 3 aromatic rings. The van der Waals surface area contributed by atoms with Crippen LogP contribution >= 0.6 is 0 Å². The predicted octanol–water partition coefficient (Wildman–Crippen LogP) is 2.02. The number of rotatable bonds is 8. The minimum atomic E-state index is -3.92. The van der Waals surface area contributed by atoms with E-state index in [0.717, 1.165) is 0 Å². The SMILES string of the molecule is COC(=O)c1cccc(S(=O)(=O)NCc2nc(-c3ccc(OC)c(OC)c3)no2)c1. The highest BCUT2D eigenvalue weighted by Gasteiger charge is 2.19. The third kappa shape index (κ3) is 4.58. The normalized spacial score (nSPS) is 11.2. The standard InChI is InChI=1S/C19H19N3O7S/c1-26-15-8-7-12(10-16(15)27-2)18-21-17(29-22-18)11-20-30(24,25)14-6-4-5-13(9-14)19(23)28-3/h4-10,20H,11H2,1-3H3. The fourth-order valence-electron chi connectivity index (χ4n) is 2.57. The largest absolute Gasteiger partial charge is 0.493 e. The van der Waals surface area contributed by atoms with Crippen molar-refractivity contribution in [3.8, 4) is 22.9 Å². The number of sulfonamides is 1. The molecule has 1 N–H and O–H groups in total. The van der Waals surface area contributed by atoms with E-state index >= 15 is 0 Å². The maximum absolute atomic E-state index is 12.5. The molecule has 10 nitrogen and oxygen atoms in total. The van der Waals surface area contributed by atoms with Crippen molar-refractivity contribution in [3.05, 3.63) is 53.9 Å². The van der Waals surface area contributed by atoms with E-state index in [1.807, 2.05) is 0 Å². The van der Waals surface area contributed by atoms with Gasteiger partial charge in [0.25, 0.3) is 0 Å². The highest BCUT2D eigenvalue weighted by atomic mass is 32.2. The van der Waals surface area contributed by atoms with E-state index in [-0.39, 0.29) is 28.7 Å². The second-order valence-corrected chi connectivity index (χ2v) is 7.69. The van der Waals surface area contributed by atoms with E-state index in [0.29, 0.717) is 17.1 Å². The number of nitrogens with one attached hydrogen (secondary N) is 1. The van der Waals surface area contributed by atoms with Gasteiger partial charge in [0, 0.05) is 5.56 Å². The molecule has 0 fully saturated rings. The fraction of sp³-hybridized carbons (Fsp3) is 0.211. The number of carbonyl (C=O) groups excluding carboxylic acids is 1. The summed E-state index contributed by atoms with van der Waals surface area (Å²) in [4.78, 5) is 15.7. The molecule has 1 aromatic heterocycles. The van der Waals surface area contributed by atoms with Crippen LogP contribution in [0.5, 0.6) is 11.5 Å². The van der Waals surface area contributed by atoms with Crippen molar-refractivity contribution >= 4 is 16.0 Å². The Kier molecular flexibility index (Phi) is 6.33. The number of ether oxygens (including phenoxy) is 3. The van der Waals surface area contributed by atoms with Crippen LogP contribution < -0.4 is 14.2 Å². The lowest BCUT2D eigenvalue weighted by atomic mass is 10.2. The van der Waals surface area contributed by atoms with Gasteiger partial charge in [-0.1, -0.05) is 11.2 Å². The lowest BCUT2D eigenvalue weighted by Gasteiger charge is -2.07. The van der Waals surface area contributed by atoms with Crippen molar-refractivity contribution in [2.45, 2.75) is 11.4 Å². The first kappa shape index (κ1) is 21.3. The second kappa shape index (κ2) is 8.93. The van der Waals surface area contributed by atoms with Gasteiger partial charge >= 0.3 is 5.97 Å². The van der Waals surface area contributed by atoms with Gasteiger partial charge in [-0.05, 0) is 36.4 Å². The average Bonchev–Trinajstić information content (AvgIpc) is 3.26. The number of esters is 1. The van der Waals surface area contributed by atoms with E-state index in [4.69, 9.17) is 14.0 Å². The molecule has 1 heterocycles.